The van der Waals surface area contributed by atoms with Crippen molar-refractivity contribution in [1.29, 1.82) is 5.26 Å². The first-order chi connectivity index (χ1) is 13.9. The van der Waals surface area contributed by atoms with Crippen LogP contribution in [0, 0.1) is 16.7 Å². The lowest BCUT2D eigenvalue weighted by atomic mass is 9.86. The summed E-state index contributed by atoms with van der Waals surface area (Å²) >= 11 is 12.0. The van der Waals surface area contributed by atoms with Crippen LogP contribution in [-0.4, -0.2) is 34.9 Å². The lowest BCUT2D eigenvalue weighted by Crippen LogP contribution is -2.46. The fourth-order valence-corrected chi connectivity index (χ4v) is 4.70. The molecule has 0 aromatic heterocycles. The zero-order chi connectivity index (χ0) is 20.6. The molecule has 0 unspecified atom stereocenters. The number of rotatable bonds is 3. The highest BCUT2D eigenvalue weighted by atomic mass is 35.5. The first-order valence-electron chi connectivity index (χ1n) is 9.85. The fourth-order valence-electron chi connectivity index (χ4n) is 4.27. The molecule has 6 heteroatoms. The van der Waals surface area contributed by atoms with Crippen LogP contribution >= 0.6 is 23.8 Å². The maximum absolute atomic E-state index is 9.15. The zero-order valence-corrected chi connectivity index (χ0v) is 18.2. The summed E-state index contributed by atoms with van der Waals surface area (Å²) in [7, 11) is 0. The molecule has 29 heavy (non-hydrogen) atoms. The van der Waals surface area contributed by atoms with Gasteiger partial charge in [0.25, 0.3) is 0 Å². The highest BCUT2D eigenvalue weighted by Crippen LogP contribution is 2.42. The molecule has 4 rings (SSSR count). The van der Waals surface area contributed by atoms with Crippen LogP contribution in [0.5, 0.6) is 0 Å². The number of hydrogen-bond donors (Lipinski definition) is 0. The second-order valence-electron chi connectivity index (χ2n) is 8.11. The highest BCUT2D eigenvalue weighted by molar-refractivity contribution is 7.80. The van der Waals surface area contributed by atoms with E-state index in [2.05, 4.69) is 29.7 Å². The van der Waals surface area contributed by atoms with Crippen molar-refractivity contribution < 1.29 is 0 Å². The van der Waals surface area contributed by atoms with Gasteiger partial charge in [-0.15, -0.1) is 0 Å². The molecule has 2 fully saturated rings. The summed E-state index contributed by atoms with van der Waals surface area (Å²) in [5.41, 5.74) is 2.19. The zero-order valence-electron chi connectivity index (χ0n) is 16.6. The van der Waals surface area contributed by atoms with E-state index < -0.39 is 0 Å². The van der Waals surface area contributed by atoms with Crippen molar-refractivity contribution in [3.63, 3.8) is 0 Å². The van der Waals surface area contributed by atoms with Crippen molar-refractivity contribution >= 4 is 46.0 Å². The Labute approximate surface area is 182 Å². The van der Waals surface area contributed by atoms with Gasteiger partial charge in [-0.2, -0.15) is 5.26 Å². The number of nitrogens with zero attached hydrogens (tertiary/aromatic N) is 4. The minimum Gasteiger partial charge on any atom is -0.293 e. The first kappa shape index (κ1) is 20.0. The lowest BCUT2D eigenvalue weighted by Gasteiger charge is -2.32. The summed E-state index contributed by atoms with van der Waals surface area (Å²) in [5, 5.41) is 9.84. The molecule has 0 saturated carbocycles. The number of hydrogen-bond acceptors (Lipinski definition) is 4. The second-order valence-corrected chi connectivity index (χ2v) is 8.94. The lowest BCUT2D eigenvalue weighted by molar-refractivity contribution is 0.224. The van der Waals surface area contributed by atoms with Gasteiger partial charge in [-0.3, -0.25) is 9.80 Å². The van der Waals surface area contributed by atoms with Crippen LogP contribution in [0.4, 0.5) is 11.4 Å². The third kappa shape index (κ3) is 3.69. The minimum absolute atomic E-state index is 0.101. The third-order valence-corrected chi connectivity index (χ3v) is 6.70. The van der Waals surface area contributed by atoms with Crippen LogP contribution < -0.4 is 4.90 Å². The fraction of sp³-hybridized carbons (Fsp3) is 0.348. The molecule has 0 N–H and O–H groups in total. The number of amidine groups is 1. The number of benzene rings is 2. The maximum atomic E-state index is 9.15. The summed E-state index contributed by atoms with van der Waals surface area (Å²) in [4.78, 5) is 10.5. The Morgan fingerprint density at radius 1 is 1.07 bits per heavy atom. The maximum Gasteiger partial charge on any atom is 0.133 e. The Morgan fingerprint density at radius 2 is 1.69 bits per heavy atom. The molecule has 2 saturated heterocycles. The summed E-state index contributed by atoms with van der Waals surface area (Å²) in [5.74, 6) is 0.939. The topological polar surface area (TPSA) is 42.6 Å². The summed E-state index contributed by atoms with van der Waals surface area (Å²) in [6, 6.07) is 17.4. The summed E-state index contributed by atoms with van der Waals surface area (Å²) < 4.78 is 0. The molecular formula is C23H23ClN4S. The van der Waals surface area contributed by atoms with E-state index >= 15 is 0 Å². The number of aliphatic imine (C=N–C) groups is 1. The number of likely N-dealkylation sites (tertiary alicyclic amines) is 1. The number of nitriles is 1. The van der Waals surface area contributed by atoms with Gasteiger partial charge in [0.2, 0.25) is 0 Å². The Bertz CT molecular complexity index is 983. The van der Waals surface area contributed by atoms with E-state index in [4.69, 9.17) is 34.1 Å². The van der Waals surface area contributed by atoms with Crippen molar-refractivity contribution in [1.82, 2.24) is 4.90 Å². The van der Waals surface area contributed by atoms with Crippen molar-refractivity contribution in [3.8, 4) is 6.07 Å². The molecule has 148 valence electrons. The van der Waals surface area contributed by atoms with Crippen LogP contribution in [0.25, 0.3) is 0 Å². The predicted molar refractivity (Wildman–Crippen MR) is 123 cm³/mol. The van der Waals surface area contributed by atoms with Gasteiger partial charge < -0.3 is 0 Å². The van der Waals surface area contributed by atoms with Crippen molar-refractivity contribution in [2.45, 2.75) is 32.7 Å². The van der Waals surface area contributed by atoms with Crippen LogP contribution in [0.15, 0.2) is 53.5 Å². The van der Waals surface area contributed by atoms with Gasteiger partial charge in [-0.1, -0.05) is 37.7 Å². The molecule has 2 aromatic rings. The van der Waals surface area contributed by atoms with Gasteiger partial charge in [0.1, 0.15) is 5.84 Å². The van der Waals surface area contributed by atoms with E-state index in [1.54, 1.807) is 0 Å². The van der Waals surface area contributed by atoms with Crippen LogP contribution in [-0.2, 0) is 0 Å². The number of anilines is 1. The molecule has 2 aliphatic heterocycles. The van der Waals surface area contributed by atoms with Gasteiger partial charge in [0, 0.05) is 16.1 Å². The smallest absolute Gasteiger partial charge is 0.133 e. The standard InChI is InChI=1S/C23H23ClN4S/c1-23(2)20(27-13-3-4-14-27)21(26-18-9-7-17(24)8-10-18)28(22(23)29)19-11-5-16(15-25)6-12-19/h5-12,20H,3-4,13-14H2,1-2H3/t20-/m0/s1. The van der Waals surface area contributed by atoms with Crippen molar-refractivity contribution in [2.24, 2.45) is 10.4 Å². The number of thiocarbonyl (C=S) groups is 1. The van der Waals surface area contributed by atoms with Gasteiger partial charge in [-0.25, -0.2) is 4.99 Å². The molecule has 0 spiro atoms. The molecule has 2 aliphatic rings. The molecule has 0 aliphatic carbocycles. The normalized spacial score (nSPS) is 23.0. The Hall–Kier alpha value is -2.26. The van der Waals surface area contributed by atoms with Gasteiger partial charge >= 0.3 is 0 Å². The van der Waals surface area contributed by atoms with Crippen molar-refractivity contribution in [2.75, 3.05) is 18.0 Å². The first-order valence-corrected chi connectivity index (χ1v) is 10.6. The summed E-state index contributed by atoms with van der Waals surface area (Å²) in [6.07, 6.45) is 2.40. The minimum atomic E-state index is -0.237. The molecule has 0 amide bonds. The van der Waals surface area contributed by atoms with E-state index in [-0.39, 0.29) is 11.5 Å². The average Bonchev–Trinajstić information content (AvgIpc) is 3.29. The molecule has 2 aromatic carbocycles. The average molecular weight is 423 g/mol. The van der Waals surface area contributed by atoms with E-state index in [0.29, 0.717) is 10.6 Å². The van der Waals surface area contributed by atoms with Crippen LogP contribution in [0.2, 0.25) is 5.02 Å². The molecule has 0 bridgehead atoms. The SMILES string of the molecule is CC1(C)C(=S)N(c2ccc(C#N)cc2)C(=Nc2ccc(Cl)cc2)[C@@H]1N1CCCC1. The molecule has 2 heterocycles. The Balaban J connectivity index is 1.85. The third-order valence-electron chi connectivity index (χ3n) is 5.74. The van der Waals surface area contributed by atoms with Gasteiger partial charge in [-0.05, 0) is 74.5 Å². The monoisotopic (exact) mass is 422 g/mol. The Kier molecular flexibility index (Phi) is 5.44. The van der Waals surface area contributed by atoms with Gasteiger partial charge in [0.05, 0.1) is 28.4 Å². The van der Waals surface area contributed by atoms with E-state index in [1.165, 1.54) is 12.8 Å². The van der Waals surface area contributed by atoms with E-state index in [1.807, 2.05) is 48.5 Å². The van der Waals surface area contributed by atoms with Gasteiger partial charge in [0.15, 0.2) is 0 Å². The molecule has 1 atom stereocenters. The summed E-state index contributed by atoms with van der Waals surface area (Å²) in [6.45, 7) is 6.52. The quantitative estimate of drug-likeness (QED) is 0.605. The molecule has 0 radical (unpaired) electrons. The predicted octanol–water partition coefficient (Wildman–Crippen LogP) is 5.58. The second kappa shape index (κ2) is 7.87. The molecular weight excluding hydrogens is 400 g/mol. The van der Waals surface area contributed by atoms with Crippen molar-refractivity contribution in [3.05, 3.63) is 59.1 Å². The Morgan fingerprint density at radius 3 is 2.28 bits per heavy atom. The van der Waals surface area contributed by atoms with E-state index in [9.17, 15) is 0 Å². The van der Waals surface area contributed by atoms with Crippen LogP contribution in [0.3, 0.4) is 0 Å². The van der Waals surface area contributed by atoms with E-state index in [0.717, 1.165) is 35.3 Å². The molecule has 4 nitrogen and oxygen atoms in total. The number of halogens is 1. The van der Waals surface area contributed by atoms with Crippen LogP contribution in [0.1, 0.15) is 32.3 Å². The largest absolute Gasteiger partial charge is 0.293 e. The highest BCUT2D eigenvalue weighted by Gasteiger charge is 2.52.